The lowest BCUT2D eigenvalue weighted by atomic mass is 9.75. The SMILES string of the molecule is NC1(CC(=O)N2CCCCO2)CCC1. The van der Waals surface area contributed by atoms with Gasteiger partial charge < -0.3 is 5.73 Å². The molecule has 80 valence electrons. The Labute approximate surface area is 84.3 Å². The lowest BCUT2D eigenvalue weighted by molar-refractivity contribution is -0.198. The molecular weight excluding hydrogens is 180 g/mol. The van der Waals surface area contributed by atoms with Crippen LogP contribution in [0.25, 0.3) is 0 Å². The second kappa shape index (κ2) is 3.87. The molecule has 4 heteroatoms. The van der Waals surface area contributed by atoms with E-state index in [-0.39, 0.29) is 11.4 Å². The zero-order chi connectivity index (χ0) is 10.0. The van der Waals surface area contributed by atoms with Gasteiger partial charge in [-0.3, -0.25) is 9.63 Å². The Morgan fingerprint density at radius 3 is 2.64 bits per heavy atom. The van der Waals surface area contributed by atoms with Crippen molar-refractivity contribution >= 4 is 5.91 Å². The second-order valence-corrected chi connectivity index (χ2v) is 4.43. The molecule has 2 aliphatic rings. The molecule has 4 nitrogen and oxygen atoms in total. The minimum Gasteiger partial charge on any atom is -0.325 e. The van der Waals surface area contributed by atoms with Crippen LogP contribution in [0.3, 0.4) is 0 Å². The lowest BCUT2D eigenvalue weighted by Crippen LogP contribution is -2.51. The van der Waals surface area contributed by atoms with Crippen molar-refractivity contribution in [1.82, 2.24) is 5.06 Å². The highest BCUT2D eigenvalue weighted by Gasteiger charge is 2.36. The predicted molar refractivity (Wildman–Crippen MR) is 52.3 cm³/mol. The topological polar surface area (TPSA) is 55.6 Å². The molecule has 1 saturated carbocycles. The van der Waals surface area contributed by atoms with E-state index in [0.29, 0.717) is 13.0 Å². The van der Waals surface area contributed by atoms with Gasteiger partial charge in [-0.05, 0) is 32.1 Å². The average Bonchev–Trinajstić information content (AvgIpc) is 2.17. The van der Waals surface area contributed by atoms with Crippen LogP contribution >= 0.6 is 0 Å². The van der Waals surface area contributed by atoms with Gasteiger partial charge in [0.1, 0.15) is 0 Å². The smallest absolute Gasteiger partial charge is 0.247 e. The third kappa shape index (κ3) is 2.07. The zero-order valence-electron chi connectivity index (χ0n) is 8.50. The van der Waals surface area contributed by atoms with E-state index in [1.54, 1.807) is 0 Å². The molecule has 0 aromatic heterocycles. The first-order valence-corrected chi connectivity index (χ1v) is 5.42. The molecule has 1 aliphatic heterocycles. The molecule has 2 rings (SSSR count). The number of nitrogens with zero attached hydrogens (tertiary/aromatic N) is 1. The summed E-state index contributed by atoms with van der Waals surface area (Å²) >= 11 is 0. The zero-order valence-corrected chi connectivity index (χ0v) is 8.50. The highest BCUT2D eigenvalue weighted by molar-refractivity contribution is 5.76. The predicted octanol–water partition coefficient (Wildman–Crippen LogP) is 0.812. The van der Waals surface area contributed by atoms with Crippen LogP contribution in [0, 0.1) is 0 Å². The van der Waals surface area contributed by atoms with Gasteiger partial charge in [-0.2, -0.15) is 0 Å². The molecule has 0 aromatic carbocycles. The number of carbonyl (C=O) groups is 1. The van der Waals surface area contributed by atoms with Gasteiger partial charge in [-0.15, -0.1) is 0 Å². The third-order valence-electron chi connectivity index (χ3n) is 3.13. The maximum atomic E-state index is 11.7. The minimum absolute atomic E-state index is 0.0619. The maximum Gasteiger partial charge on any atom is 0.247 e. The van der Waals surface area contributed by atoms with Crippen molar-refractivity contribution in [2.24, 2.45) is 5.73 Å². The Hall–Kier alpha value is -0.610. The molecular formula is C10H18N2O2. The summed E-state index contributed by atoms with van der Waals surface area (Å²) in [6.07, 6.45) is 5.66. The number of rotatable bonds is 2. The molecule has 1 saturated heterocycles. The van der Waals surface area contributed by atoms with Crippen LogP contribution in [0.4, 0.5) is 0 Å². The number of amides is 1. The van der Waals surface area contributed by atoms with Crippen molar-refractivity contribution in [1.29, 1.82) is 0 Å². The number of carbonyl (C=O) groups excluding carboxylic acids is 1. The van der Waals surface area contributed by atoms with E-state index >= 15 is 0 Å². The van der Waals surface area contributed by atoms with Crippen molar-refractivity contribution in [2.75, 3.05) is 13.2 Å². The minimum atomic E-state index is -0.224. The maximum absolute atomic E-state index is 11.7. The molecule has 0 bridgehead atoms. The molecule has 2 N–H and O–H groups in total. The Bertz CT molecular complexity index is 220. The van der Waals surface area contributed by atoms with Gasteiger partial charge in [0.05, 0.1) is 6.61 Å². The molecule has 0 aromatic rings. The fraction of sp³-hybridized carbons (Fsp3) is 0.900. The Morgan fingerprint density at radius 1 is 1.36 bits per heavy atom. The summed E-state index contributed by atoms with van der Waals surface area (Å²) in [4.78, 5) is 17.0. The molecule has 0 spiro atoms. The highest BCUT2D eigenvalue weighted by Crippen LogP contribution is 2.32. The van der Waals surface area contributed by atoms with E-state index in [9.17, 15) is 4.79 Å². The summed E-state index contributed by atoms with van der Waals surface area (Å²) in [6.45, 7) is 1.40. The van der Waals surface area contributed by atoms with E-state index < -0.39 is 0 Å². The molecule has 14 heavy (non-hydrogen) atoms. The number of nitrogens with two attached hydrogens (primary N) is 1. The van der Waals surface area contributed by atoms with Crippen LogP contribution in [-0.2, 0) is 9.63 Å². The first-order valence-electron chi connectivity index (χ1n) is 5.42. The quantitative estimate of drug-likeness (QED) is 0.714. The van der Waals surface area contributed by atoms with Crippen LogP contribution in [0.5, 0.6) is 0 Å². The fourth-order valence-corrected chi connectivity index (χ4v) is 1.99. The van der Waals surface area contributed by atoms with Gasteiger partial charge in [-0.1, -0.05) is 0 Å². The van der Waals surface area contributed by atoms with Crippen molar-refractivity contribution in [3.05, 3.63) is 0 Å². The monoisotopic (exact) mass is 198 g/mol. The van der Waals surface area contributed by atoms with E-state index in [4.69, 9.17) is 10.6 Å². The standard InChI is InChI=1S/C10H18N2O2/c11-10(4-3-5-10)8-9(13)12-6-1-2-7-14-12/h1-8,11H2. The summed E-state index contributed by atoms with van der Waals surface area (Å²) in [7, 11) is 0. The van der Waals surface area contributed by atoms with Gasteiger partial charge in [0, 0.05) is 18.5 Å². The Kier molecular flexibility index (Phi) is 2.74. The summed E-state index contributed by atoms with van der Waals surface area (Å²) < 4.78 is 0. The van der Waals surface area contributed by atoms with Crippen LogP contribution < -0.4 is 5.73 Å². The summed E-state index contributed by atoms with van der Waals surface area (Å²) in [6, 6.07) is 0. The van der Waals surface area contributed by atoms with Crippen molar-refractivity contribution < 1.29 is 9.63 Å². The Morgan fingerprint density at radius 2 is 2.14 bits per heavy atom. The molecule has 0 radical (unpaired) electrons. The fourth-order valence-electron chi connectivity index (χ4n) is 1.99. The second-order valence-electron chi connectivity index (χ2n) is 4.43. The number of hydrogen-bond acceptors (Lipinski definition) is 3. The van der Waals surface area contributed by atoms with E-state index in [1.807, 2.05) is 0 Å². The number of hydrogen-bond donors (Lipinski definition) is 1. The number of hydroxylamine groups is 2. The van der Waals surface area contributed by atoms with Crippen LogP contribution in [0.15, 0.2) is 0 Å². The average molecular weight is 198 g/mol. The first-order chi connectivity index (χ1) is 6.70. The van der Waals surface area contributed by atoms with Crippen LogP contribution in [0.2, 0.25) is 0 Å². The molecule has 0 atom stereocenters. The Balaban J connectivity index is 1.81. The summed E-state index contributed by atoms with van der Waals surface area (Å²) in [5.74, 6) is 0.0619. The van der Waals surface area contributed by atoms with Crippen LogP contribution in [0.1, 0.15) is 38.5 Å². The summed E-state index contributed by atoms with van der Waals surface area (Å²) in [5.41, 5.74) is 5.78. The van der Waals surface area contributed by atoms with Gasteiger partial charge >= 0.3 is 0 Å². The van der Waals surface area contributed by atoms with Crippen molar-refractivity contribution in [3.63, 3.8) is 0 Å². The van der Waals surface area contributed by atoms with Crippen molar-refractivity contribution in [2.45, 2.75) is 44.1 Å². The van der Waals surface area contributed by atoms with Gasteiger partial charge in [0.15, 0.2) is 0 Å². The summed E-state index contributed by atoms with van der Waals surface area (Å²) in [5, 5.41) is 1.50. The first kappa shape index (κ1) is 9.93. The van der Waals surface area contributed by atoms with E-state index in [0.717, 1.165) is 38.6 Å². The molecule has 1 aliphatic carbocycles. The van der Waals surface area contributed by atoms with Crippen molar-refractivity contribution in [3.8, 4) is 0 Å². The molecule has 1 heterocycles. The molecule has 0 unspecified atom stereocenters. The lowest BCUT2D eigenvalue weighted by Gasteiger charge is -2.39. The van der Waals surface area contributed by atoms with Crippen LogP contribution in [-0.4, -0.2) is 29.7 Å². The van der Waals surface area contributed by atoms with Gasteiger partial charge in [0.25, 0.3) is 0 Å². The van der Waals surface area contributed by atoms with Gasteiger partial charge in [0.2, 0.25) is 5.91 Å². The van der Waals surface area contributed by atoms with E-state index in [1.165, 1.54) is 5.06 Å². The highest BCUT2D eigenvalue weighted by atomic mass is 16.7. The molecule has 2 fully saturated rings. The van der Waals surface area contributed by atoms with E-state index in [2.05, 4.69) is 0 Å². The largest absolute Gasteiger partial charge is 0.325 e. The van der Waals surface area contributed by atoms with Gasteiger partial charge in [-0.25, -0.2) is 5.06 Å². The normalized spacial score (nSPS) is 25.6. The molecule has 1 amide bonds. The third-order valence-corrected chi connectivity index (χ3v) is 3.13.